The molecule has 6 heteroatoms. The maximum Gasteiger partial charge on any atom is 0.239 e. The molecule has 1 atom stereocenters. The smallest absolute Gasteiger partial charge is 0.239 e. The Kier molecular flexibility index (Phi) is 4.94. The number of aromatic nitrogens is 2. The zero-order chi connectivity index (χ0) is 17.1. The summed E-state index contributed by atoms with van der Waals surface area (Å²) in [4.78, 5) is 20.9. The van der Waals surface area contributed by atoms with Crippen LogP contribution in [0, 0.1) is 5.92 Å². The zero-order valence-electron chi connectivity index (χ0n) is 14.5. The summed E-state index contributed by atoms with van der Waals surface area (Å²) in [6, 6.07) is 7.46. The van der Waals surface area contributed by atoms with Crippen molar-refractivity contribution in [3.8, 4) is 11.4 Å². The topological polar surface area (TPSA) is 62.5 Å². The van der Waals surface area contributed by atoms with E-state index in [0.717, 1.165) is 36.8 Å². The molecule has 1 saturated heterocycles. The van der Waals surface area contributed by atoms with Crippen molar-refractivity contribution in [2.45, 2.75) is 33.4 Å². The third-order valence-corrected chi connectivity index (χ3v) is 4.30. The van der Waals surface area contributed by atoms with E-state index < -0.39 is 0 Å². The molecule has 3 rings (SSSR count). The van der Waals surface area contributed by atoms with Crippen LogP contribution in [0.15, 0.2) is 35.0 Å². The Bertz CT molecular complexity index is 683. The van der Waals surface area contributed by atoms with Crippen LogP contribution >= 0.6 is 0 Å². The monoisotopic (exact) mass is 328 g/mol. The second-order valence-corrected chi connectivity index (χ2v) is 6.72. The van der Waals surface area contributed by atoms with Gasteiger partial charge in [0.15, 0.2) is 5.76 Å². The van der Waals surface area contributed by atoms with E-state index >= 15 is 0 Å². The van der Waals surface area contributed by atoms with Gasteiger partial charge in [-0.25, -0.2) is 0 Å². The molecule has 1 fully saturated rings. The van der Waals surface area contributed by atoms with Crippen molar-refractivity contribution in [2.75, 3.05) is 19.6 Å². The second-order valence-electron chi connectivity index (χ2n) is 6.72. The Balaban J connectivity index is 1.65. The van der Waals surface area contributed by atoms with Gasteiger partial charge in [0.2, 0.25) is 5.91 Å². The lowest BCUT2D eigenvalue weighted by Gasteiger charge is -2.39. The average Bonchev–Trinajstić information content (AvgIpc) is 3.04. The first-order valence-corrected chi connectivity index (χ1v) is 8.44. The summed E-state index contributed by atoms with van der Waals surface area (Å²) in [5.41, 5.74) is 1.52. The molecule has 0 saturated carbocycles. The lowest BCUT2D eigenvalue weighted by atomic mass is 10.1. The van der Waals surface area contributed by atoms with E-state index in [0.29, 0.717) is 12.5 Å². The van der Waals surface area contributed by atoms with Crippen LogP contribution in [0.3, 0.4) is 0 Å². The van der Waals surface area contributed by atoms with E-state index in [9.17, 15) is 4.79 Å². The van der Waals surface area contributed by atoms with Gasteiger partial charge in [-0.3, -0.25) is 14.7 Å². The first-order valence-electron chi connectivity index (χ1n) is 8.44. The number of hydrogen-bond acceptors (Lipinski definition) is 5. The summed E-state index contributed by atoms with van der Waals surface area (Å²) in [7, 11) is 0. The summed E-state index contributed by atoms with van der Waals surface area (Å²) in [6.45, 7) is 9.26. The molecule has 0 bridgehead atoms. The van der Waals surface area contributed by atoms with Crippen molar-refractivity contribution in [3.05, 3.63) is 36.2 Å². The van der Waals surface area contributed by atoms with Crippen LogP contribution in [0.1, 0.15) is 26.5 Å². The number of nitrogens with zero attached hydrogens (tertiary/aromatic N) is 4. The number of piperazine rings is 1. The largest absolute Gasteiger partial charge is 0.359 e. The lowest BCUT2D eigenvalue weighted by molar-refractivity contribution is -0.142. The number of carbonyl (C=O) groups excluding carboxylic acids is 1. The molecule has 0 aromatic carbocycles. The molecule has 0 radical (unpaired) electrons. The van der Waals surface area contributed by atoms with Crippen molar-refractivity contribution < 1.29 is 9.32 Å². The molecule has 0 unspecified atom stereocenters. The quantitative estimate of drug-likeness (QED) is 0.843. The van der Waals surface area contributed by atoms with Crippen molar-refractivity contribution in [1.29, 1.82) is 0 Å². The van der Waals surface area contributed by atoms with Crippen LogP contribution in [0.4, 0.5) is 0 Å². The Morgan fingerprint density at radius 2 is 2.12 bits per heavy atom. The van der Waals surface area contributed by atoms with Crippen LogP contribution < -0.4 is 0 Å². The summed E-state index contributed by atoms with van der Waals surface area (Å²) in [5, 5.41) is 4.09. The molecule has 3 heterocycles. The highest BCUT2D eigenvalue weighted by molar-refractivity contribution is 5.82. The van der Waals surface area contributed by atoms with Crippen molar-refractivity contribution in [1.82, 2.24) is 19.9 Å². The predicted molar refractivity (Wildman–Crippen MR) is 91.0 cm³/mol. The van der Waals surface area contributed by atoms with Gasteiger partial charge in [0, 0.05) is 31.9 Å². The third-order valence-electron chi connectivity index (χ3n) is 4.30. The number of hydrogen-bond donors (Lipinski definition) is 0. The highest BCUT2D eigenvalue weighted by Crippen LogP contribution is 2.20. The van der Waals surface area contributed by atoms with Crippen molar-refractivity contribution in [3.63, 3.8) is 0 Å². The maximum absolute atomic E-state index is 12.5. The SMILES string of the molecule is CC(C)CN1CCN(Cc2cc(-c3ccccn3)no2)[C@@H](C)C1=O. The first kappa shape index (κ1) is 16.6. The Morgan fingerprint density at radius 1 is 1.29 bits per heavy atom. The van der Waals surface area contributed by atoms with Crippen molar-refractivity contribution >= 4 is 5.91 Å². The molecule has 6 nitrogen and oxygen atoms in total. The fourth-order valence-electron chi connectivity index (χ4n) is 3.03. The van der Waals surface area contributed by atoms with Gasteiger partial charge in [-0.1, -0.05) is 25.1 Å². The van der Waals surface area contributed by atoms with E-state index in [4.69, 9.17) is 4.52 Å². The maximum atomic E-state index is 12.5. The Labute approximate surface area is 142 Å². The van der Waals surface area contributed by atoms with Gasteiger partial charge in [-0.05, 0) is 25.0 Å². The summed E-state index contributed by atoms with van der Waals surface area (Å²) >= 11 is 0. The normalized spacial score (nSPS) is 19.2. The highest BCUT2D eigenvalue weighted by atomic mass is 16.5. The predicted octanol–water partition coefficient (Wildman–Crippen LogP) is 2.43. The van der Waals surface area contributed by atoms with E-state index in [1.165, 1.54) is 0 Å². The minimum atomic E-state index is -0.138. The average molecular weight is 328 g/mol. The zero-order valence-corrected chi connectivity index (χ0v) is 14.5. The molecule has 0 spiro atoms. The van der Waals surface area contributed by atoms with Crippen LogP contribution in [0.25, 0.3) is 11.4 Å². The first-order chi connectivity index (χ1) is 11.5. The lowest BCUT2D eigenvalue weighted by Crippen LogP contribution is -2.55. The number of pyridine rings is 1. The van der Waals surface area contributed by atoms with Gasteiger partial charge < -0.3 is 9.42 Å². The molecule has 1 aliphatic heterocycles. The summed E-state index contributed by atoms with van der Waals surface area (Å²) in [5.74, 6) is 1.44. The minimum absolute atomic E-state index is 0.138. The van der Waals surface area contributed by atoms with E-state index in [-0.39, 0.29) is 11.9 Å². The molecule has 128 valence electrons. The summed E-state index contributed by atoms with van der Waals surface area (Å²) in [6.07, 6.45) is 1.73. The minimum Gasteiger partial charge on any atom is -0.359 e. The fourth-order valence-corrected chi connectivity index (χ4v) is 3.03. The van der Waals surface area contributed by atoms with Crippen molar-refractivity contribution in [2.24, 2.45) is 5.92 Å². The van der Waals surface area contributed by atoms with Crippen LogP contribution in [-0.2, 0) is 11.3 Å². The number of amides is 1. The molecular weight excluding hydrogens is 304 g/mol. The highest BCUT2D eigenvalue weighted by Gasteiger charge is 2.32. The Morgan fingerprint density at radius 3 is 2.83 bits per heavy atom. The fraction of sp³-hybridized carbons (Fsp3) is 0.500. The second kappa shape index (κ2) is 7.13. The Hall–Kier alpha value is -2.21. The van der Waals surface area contributed by atoms with Crippen LogP contribution in [0.2, 0.25) is 0 Å². The molecular formula is C18H24N4O2. The summed E-state index contributed by atoms with van der Waals surface area (Å²) < 4.78 is 5.44. The molecule has 24 heavy (non-hydrogen) atoms. The standard InChI is InChI=1S/C18H24N4O2/c1-13(2)11-22-9-8-21(14(3)18(22)23)12-15-10-17(20-24-15)16-6-4-5-7-19-16/h4-7,10,13-14H,8-9,11-12H2,1-3H3/t14-/m0/s1. The van der Waals surface area contributed by atoms with Gasteiger partial charge >= 0.3 is 0 Å². The van der Waals surface area contributed by atoms with E-state index in [2.05, 4.69) is 28.9 Å². The molecule has 0 N–H and O–H groups in total. The van der Waals surface area contributed by atoms with Gasteiger partial charge in [0.05, 0.1) is 18.3 Å². The molecule has 2 aromatic heterocycles. The van der Waals surface area contributed by atoms with Gasteiger partial charge in [0.25, 0.3) is 0 Å². The molecule has 1 amide bonds. The molecule has 2 aromatic rings. The molecule has 1 aliphatic rings. The third kappa shape index (κ3) is 3.64. The van der Waals surface area contributed by atoms with Crippen LogP contribution in [0.5, 0.6) is 0 Å². The van der Waals surface area contributed by atoms with E-state index in [1.807, 2.05) is 36.1 Å². The molecule has 0 aliphatic carbocycles. The van der Waals surface area contributed by atoms with E-state index in [1.54, 1.807) is 6.20 Å². The number of carbonyl (C=O) groups is 1. The number of rotatable bonds is 5. The van der Waals surface area contributed by atoms with Gasteiger partial charge in [0.1, 0.15) is 5.69 Å². The van der Waals surface area contributed by atoms with Gasteiger partial charge in [-0.2, -0.15) is 0 Å². The van der Waals surface area contributed by atoms with Crippen LogP contribution in [-0.4, -0.2) is 51.5 Å². The van der Waals surface area contributed by atoms with Gasteiger partial charge in [-0.15, -0.1) is 0 Å².